The van der Waals surface area contributed by atoms with Crippen LogP contribution < -0.4 is 11.5 Å². The summed E-state index contributed by atoms with van der Waals surface area (Å²) in [5.41, 5.74) is 9.78. The average molecular weight is 189 g/mol. The number of hydrogen-bond acceptors (Lipinski definition) is 4. The Morgan fingerprint density at radius 2 is 1.85 bits per heavy atom. The number of aliphatic imine (C=N–C) groups is 1. The molecule has 0 saturated heterocycles. The highest BCUT2D eigenvalue weighted by Crippen LogP contribution is 1.96. The van der Waals surface area contributed by atoms with E-state index < -0.39 is 24.3 Å². The smallest absolute Gasteiger partial charge is 0.426 e. The number of guanidine groups is 1. The topological polar surface area (TPSA) is 117 Å². The van der Waals surface area contributed by atoms with Gasteiger partial charge in [-0.25, -0.2) is 4.79 Å². The van der Waals surface area contributed by atoms with Crippen molar-refractivity contribution < 1.29 is 19.1 Å². The van der Waals surface area contributed by atoms with Gasteiger partial charge < -0.3 is 20.9 Å². The number of hydrogen-bond donors (Lipinski definition) is 2. The van der Waals surface area contributed by atoms with Crippen LogP contribution in [-0.2, 0) is 14.3 Å². The molecule has 0 spiro atoms. The highest BCUT2D eigenvalue weighted by atomic mass is 16.7. The van der Waals surface area contributed by atoms with Crippen LogP contribution in [0.5, 0.6) is 0 Å². The second-order valence-corrected chi connectivity index (χ2v) is 2.10. The zero-order valence-electron chi connectivity index (χ0n) is 7.31. The predicted molar refractivity (Wildman–Crippen MR) is 43.5 cm³/mol. The van der Waals surface area contributed by atoms with Gasteiger partial charge in [-0.2, -0.15) is 0 Å². The van der Waals surface area contributed by atoms with Gasteiger partial charge in [-0.3, -0.25) is 4.79 Å². The van der Waals surface area contributed by atoms with Crippen LogP contribution in [0.1, 0.15) is 13.8 Å². The number of nitrogens with two attached hydrogens (primary N) is 2. The van der Waals surface area contributed by atoms with Crippen LogP contribution in [-0.4, -0.2) is 24.3 Å². The van der Waals surface area contributed by atoms with E-state index in [9.17, 15) is 9.59 Å². The van der Waals surface area contributed by atoms with Crippen LogP contribution >= 0.6 is 0 Å². The van der Waals surface area contributed by atoms with Gasteiger partial charge >= 0.3 is 12.1 Å². The molecule has 0 aliphatic carbocycles. The van der Waals surface area contributed by atoms with Gasteiger partial charge in [0.15, 0.2) is 5.96 Å². The van der Waals surface area contributed by atoms with Crippen LogP contribution in [0.3, 0.4) is 0 Å². The molecule has 0 radical (unpaired) electrons. The van der Waals surface area contributed by atoms with Crippen molar-refractivity contribution in [2.24, 2.45) is 16.5 Å². The maximum absolute atomic E-state index is 10.7. The van der Waals surface area contributed by atoms with Gasteiger partial charge in [-0.1, -0.05) is 0 Å². The van der Waals surface area contributed by atoms with E-state index in [2.05, 4.69) is 14.5 Å². The summed E-state index contributed by atoms with van der Waals surface area (Å²) < 4.78 is 8.91. The van der Waals surface area contributed by atoms with E-state index in [-0.39, 0.29) is 0 Å². The minimum absolute atomic E-state index is 0.417. The zero-order valence-corrected chi connectivity index (χ0v) is 7.31. The number of rotatable bonds is 2. The van der Waals surface area contributed by atoms with Gasteiger partial charge in [-0.05, 0) is 0 Å². The molecule has 0 bridgehead atoms. The lowest BCUT2D eigenvalue weighted by Crippen LogP contribution is -2.26. The molecule has 0 heterocycles. The predicted octanol–water partition coefficient (Wildman–Crippen LogP) is -0.694. The standard InChI is InChI=1S/C6H11N3O4/c1-3(10)12-4(2)13-6(11)9-5(7)8/h4H,1-2H3,(H4,7,8,9,11)/t4-/m1/s1. The van der Waals surface area contributed by atoms with E-state index in [1.807, 2.05) is 0 Å². The SMILES string of the molecule is CC(=O)O[C@@H](C)OC(=O)N=C(N)N. The normalized spacial score (nSPS) is 11.2. The van der Waals surface area contributed by atoms with Gasteiger partial charge in [0.1, 0.15) is 0 Å². The summed E-state index contributed by atoms with van der Waals surface area (Å²) in [6.07, 6.45) is -2.01. The van der Waals surface area contributed by atoms with Crippen LogP contribution in [0, 0.1) is 0 Å². The molecular formula is C6H11N3O4. The summed E-state index contributed by atoms with van der Waals surface area (Å²) in [4.78, 5) is 24.1. The van der Waals surface area contributed by atoms with E-state index in [4.69, 9.17) is 11.5 Å². The lowest BCUT2D eigenvalue weighted by molar-refractivity contribution is -0.161. The molecule has 0 aromatic heterocycles. The molecule has 0 fully saturated rings. The minimum atomic E-state index is -1.01. The molecule has 0 aromatic carbocycles. The molecule has 7 heteroatoms. The van der Waals surface area contributed by atoms with Crippen LogP contribution in [0.4, 0.5) is 4.79 Å². The van der Waals surface area contributed by atoms with E-state index in [0.29, 0.717) is 0 Å². The molecule has 0 aliphatic heterocycles. The molecule has 0 unspecified atom stereocenters. The molecule has 0 aromatic rings. The van der Waals surface area contributed by atoms with Gasteiger partial charge in [0.05, 0.1) is 0 Å². The van der Waals surface area contributed by atoms with E-state index in [1.165, 1.54) is 13.8 Å². The number of ether oxygens (including phenoxy) is 2. The number of nitrogens with zero attached hydrogens (tertiary/aromatic N) is 1. The maximum Gasteiger partial charge on any atom is 0.439 e. The average Bonchev–Trinajstić information content (AvgIpc) is 1.80. The molecule has 0 saturated carbocycles. The van der Waals surface area contributed by atoms with Crippen molar-refractivity contribution in [2.45, 2.75) is 20.1 Å². The minimum Gasteiger partial charge on any atom is -0.426 e. The molecule has 1 atom stereocenters. The van der Waals surface area contributed by atoms with Crippen molar-refractivity contribution in [1.29, 1.82) is 0 Å². The number of carbonyl (C=O) groups excluding carboxylic acids is 2. The molecule has 7 nitrogen and oxygen atoms in total. The van der Waals surface area contributed by atoms with Gasteiger partial charge in [-0.15, -0.1) is 4.99 Å². The third-order valence-electron chi connectivity index (χ3n) is 0.819. The Hall–Kier alpha value is -1.79. The Bertz CT molecular complexity index is 234. The molecule has 1 amide bonds. The first kappa shape index (κ1) is 11.2. The third-order valence-corrected chi connectivity index (χ3v) is 0.819. The summed E-state index contributed by atoms with van der Waals surface area (Å²) in [7, 11) is 0. The van der Waals surface area contributed by atoms with Crippen molar-refractivity contribution in [3.8, 4) is 0 Å². The van der Waals surface area contributed by atoms with Gasteiger partial charge in [0, 0.05) is 13.8 Å². The fraction of sp³-hybridized carbons (Fsp3) is 0.500. The maximum atomic E-state index is 10.7. The Kier molecular flexibility index (Phi) is 4.28. The Morgan fingerprint density at radius 3 is 2.23 bits per heavy atom. The van der Waals surface area contributed by atoms with Crippen molar-refractivity contribution in [1.82, 2.24) is 0 Å². The monoisotopic (exact) mass is 189 g/mol. The van der Waals surface area contributed by atoms with Crippen molar-refractivity contribution in [3.05, 3.63) is 0 Å². The third kappa shape index (κ3) is 6.60. The fourth-order valence-electron chi connectivity index (χ4n) is 0.532. The lowest BCUT2D eigenvalue weighted by atomic mass is 10.7. The molecule has 13 heavy (non-hydrogen) atoms. The lowest BCUT2D eigenvalue weighted by Gasteiger charge is -2.10. The second kappa shape index (κ2) is 4.96. The number of amides is 1. The summed E-state index contributed by atoms with van der Waals surface area (Å²) in [5.74, 6) is -0.981. The highest BCUT2D eigenvalue weighted by molar-refractivity contribution is 5.87. The summed E-state index contributed by atoms with van der Waals surface area (Å²) >= 11 is 0. The molecule has 4 N–H and O–H groups in total. The molecule has 0 aliphatic rings. The fourth-order valence-corrected chi connectivity index (χ4v) is 0.532. The summed E-state index contributed by atoms with van der Waals surface area (Å²) in [5, 5.41) is 0. The number of esters is 1. The van der Waals surface area contributed by atoms with Crippen molar-refractivity contribution in [3.63, 3.8) is 0 Å². The van der Waals surface area contributed by atoms with E-state index in [0.717, 1.165) is 0 Å². The first-order valence-electron chi connectivity index (χ1n) is 3.39. The zero-order chi connectivity index (χ0) is 10.4. The quantitative estimate of drug-likeness (QED) is 0.257. The first-order valence-corrected chi connectivity index (χ1v) is 3.39. The van der Waals surface area contributed by atoms with Gasteiger partial charge in [0.25, 0.3) is 0 Å². The largest absolute Gasteiger partial charge is 0.439 e. The summed E-state index contributed by atoms with van der Waals surface area (Å²) in [6, 6.07) is 0. The van der Waals surface area contributed by atoms with E-state index in [1.54, 1.807) is 0 Å². The molecule has 0 rings (SSSR count). The molecule has 74 valence electrons. The highest BCUT2D eigenvalue weighted by Gasteiger charge is 2.10. The summed E-state index contributed by atoms with van der Waals surface area (Å²) in [6.45, 7) is 2.55. The Balaban J connectivity index is 3.92. The van der Waals surface area contributed by atoms with Crippen LogP contribution in [0.2, 0.25) is 0 Å². The van der Waals surface area contributed by atoms with E-state index >= 15 is 0 Å². The second-order valence-electron chi connectivity index (χ2n) is 2.10. The Labute approximate surface area is 74.7 Å². The Morgan fingerprint density at radius 1 is 1.31 bits per heavy atom. The van der Waals surface area contributed by atoms with Crippen molar-refractivity contribution in [2.75, 3.05) is 0 Å². The molecular weight excluding hydrogens is 178 g/mol. The van der Waals surface area contributed by atoms with Gasteiger partial charge in [0.2, 0.25) is 6.29 Å². The number of carbonyl (C=O) groups is 2. The first-order chi connectivity index (χ1) is 5.91. The van der Waals surface area contributed by atoms with Crippen LogP contribution in [0.25, 0.3) is 0 Å². The van der Waals surface area contributed by atoms with Crippen LogP contribution in [0.15, 0.2) is 4.99 Å². The van der Waals surface area contributed by atoms with Crippen molar-refractivity contribution >= 4 is 18.0 Å².